The molecule has 0 unspecified atom stereocenters. The van der Waals surface area contributed by atoms with Crippen LogP contribution in [0.25, 0.3) is 0 Å². The van der Waals surface area contributed by atoms with Crippen molar-refractivity contribution in [3.63, 3.8) is 0 Å². The Hall–Kier alpha value is -1.36. The molecule has 0 atom stereocenters. The summed E-state index contributed by atoms with van der Waals surface area (Å²) in [4.78, 5) is 10.5. The fraction of sp³-hybridized carbons (Fsp3) is 0.300. The lowest BCUT2D eigenvalue weighted by molar-refractivity contribution is -0.134. The van der Waals surface area contributed by atoms with Gasteiger partial charge in [0.2, 0.25) is 0 Å². The highest BCUT2D eigenvalue weighted by molar-refractivity contribution is 7.92. The Morgan fingerprint density at radius 2 is 1.93 bits per heavy atom. The van der Waals surface area contributed by atoms with Gasteiger partial charge in [0.15, 0.2) is 15.6 Å². The van der Waals surface area contributed by atoms with E-state index in [1.165, 1.54) is 6.07 Å². The molecule has 0 bridgehead atoms. The second-order valence-corrected chi connectivity index (χ2v) is 5.38. The quantitative estimate of drug-likeness (QED) is 0.842. The molecule has 0 aromatic heterocycles. The molecule has 5 heteroatoms. The maximum absolute atomic E-state index is 11.6. The fourth-order valence-electron chi connectivity index (χ4n) is 1.39. The van der Waals surface area contributed by atoms with Crippen LogP contribution in [0.1, 0.15) is 11.1 Å². The van der Waals surface area contributed by atoms with Crippen molar-refractivity contribution in [2.24, 2.45) is 0 Å². The van der Waals surface area contributed by atoms with Crippen molar-refractivity contribution >= 4 is 15.8 Å². The average Bonchev–Trinajstić information content (AvgIpc) is 1.99. The van der Waals surface area contributed by atoms with Crippen molar-refractivity contribution in [1.29, 1.82) is 0 Å². The van der Waals surface area contributed by atoms with Gasteiger partial charge in [-0.3, -0.25) is 4.79 Å². The molecule has 82 valence electrons. The van der Waals surface area contributed by atoms with Crippen molar-refractivity contribution in [1.82, 2.24) is 0 Å². The van der Waals surface area contributed by atoms with Crippen LogP contribution in [0.5, 0.6) is 0 Å². The monoisotopic (exact) mass is 228 g/mol. The zero-order valence-electron chi connectivity index (χ0n) is 8.52. The third-order valence-electron chi connectivity index (χ3n) is 1.98. The number of aryl methyl sites for hydroxylation is 2. The lowest BCUT2D eigenvalue weighted by Gasteiger charge is -2.06. The third kappa shape index (κ3) is 2.79. The molecule has 0 saturated heterocycles. The predicted octanol–water partition coefficient (Wildman–Crippen LogP) is 1.16. The van der Waals surface area contributed by atoms with E-state index in [4.69, 9.17) is 5.11 Å². The number of carboxylic acids is 1. The molecule has 0 aliphatic heterocycles. The molecule has 1 N–H and O–H groups in total. The number of hydrogen-bond acceptors (Lipinski definition) is 3. The first-order valence-electron chi connectivity index (χ1n) is 4.35. The lowest BCUT2D eigenvalue weighted by Crippen LogP contribution is -2.16. The first-order chi connectivity index (χ1) is 6.83. The normalized spacial score (nSPS) is 11.3. The standard InChI is InChI=1S/C10H12O4S/c1-7-3-4-9(8(2)5-7)15(13,14)6-10(11)12/h3-5H,6H2,1-2H3,(H,11,12). The van der Waals surface area contributed by atoms with Gasteiger partial charge in [-0.15, -0.1) is 0 Å². The van der Waals surface area contributed by atoms with Gasteiger partial charge < -0.3 is 5.11 Å². The summed E-state index contributed by atoms with van der Waals surface area (Å²) in [6.07, 6.45) is 0. The average molecular weight is 228 g/mol. The molecule has 0 radical (unpaired) electrons. The molecular formula is C10H12O4S. The molecule has 0 amide bonds. The Bertz CT molecular complexity index is 488. The number of rotatable bonds is 3. The van der Waals surface area contributed by atoms with Gasteiger partial charge >= 0.3 is 5.97 Å². The van der Waals surface area contributed by atoms with E-state index in [0.717, 1.165) is 5.56 Å². The molecule has 0 heterocycles. The maximum atomic E-state index is 11.6. The number of carbonyl (C=O) groups is 1. The number of hydrogen-bond donors (Lipinski definition) is 1. The first kappa shape index (κ1) is 11.7. The Morgan fingerprint density at radius 1 is 1.33 bits per heavy atom. The summed E-state index contributed by atoms with van der Waals surface area (Å²) in [6, 6.07) is 4.82. The van der Waals surface area contributed by atoms with Crippen LogP contribution in [0.2, 0.25) is 0 Å². The summed E-state index contributed by atoms with van der Waals surface area (Å²) in [5.41, 5.74) is 1.53. The van der Waals surface area contributed by atoms with E-state index in [1.807, 2.05) is 6.92 Å². The van der Waals surface area contributed by atoms with Gasteiger partial charge in [-0.25, -0.2) is 8.42 Å². The summed E-state index contributed by atoms with van der Waals surface area (Å²) in [7, 11) is -3.71. The van der Waals surface area contributed by atoms with Crippen LogP contribution in [-0.4, -0.2) is 25.2 Å². The third-order valence-corrected chi connectivity index (χ3v) is 3.73. The van der Waals surface area contributed by atoms with Gasteiger partial charge in [-0.2, -0.15) is 0 Å². The van der Waals surface area contributed by atoms with Gasteiger partial charge in [0.05, 0.1) is 4.90 Å². The predicted molar refractivity (Wildman–Crippen MR) is 55.6 cm³/mol. The molecule has 0 spiro atoms. The van der Waals surface area contributed by atoms with Crippen molar-refractivity contribution in [2.45, 2.75) is 18.7 Å². The Labute approximate surface area is 88.5 Å². The largest absolute Gasteiger partial charge is 0.480 e. The molecule has 0 aliphatic carbocycles. The maximum Gasteiger partial charge on any atom is 0.319 e. The van der Waals surface area contributed by atoms with Crippen LogP contribution in [0.15, 0.2) is 23.1 Å². The second kappa shape index (κ2) is 4.02. The summed E-state index contributed by atoms with van der Waals surface area (Å²) in [5, 5.41) is 8.48. The van der Waals surface area contributed by atoms with Crippen molar-refractivity contribution in [3.05, 3.63) is 29.3 Å². The Kier molecular flexibility index (Phi) is 3.14. The minimum atomic E-state index is -3.71. The first-order valence-corrected chi connectivity index (χ1v) is 6.00. The van der Waals surface area contributed by atoms with E-state index in [2.05, 4.69) is 0 Å². The molecule has 1 rings (SSSR count). The topological polar surface area (TPSA) is 71.4 Å². The molecule has 0 aliphatic rings. The molecular weight excluding hydrogens is 216 g/mol. The second-order valence-electron chi connectivity index (χ2n) is 3.42. The summed E-state index contributed by atoms with van der Waals surface area (Å²) < 4.78 is 23.2. The van der Waals surface area contributed by atoms with Crippen molar-refractivity contribution in [3.8, 4) is 0 Å². The van der Waals surface area contributed by atoms with E-state index < -0.39 is 21.6 Å². The van der Waals surface area contributed by atoms with Gasteiger partial charge in [0.1, 0.15) is 0 Å². The lowest BCUT2D eigenvalue weighted by atomic mass is 10.2. The Morgan fingerprint density at radius 3 is 2.40 bits per heavy atom. The van der Waals surface area contributed by atoms with Crippen LogP contribution >= 0.6 is 0 Å². The zero-order chi connectivity index (χ0) is 11.6. The molecule has 0 fully saturated rings. The molecule has 1 aromatic carbocycles. The molecule has 0 saturated carbocycles. The van der Waals surface area contributed by atoms with Crippen molar-refractivity contribution in [2.75, 3.05) is 5.75 Å². The zero-order valence-corrected chi connectivity index (χ0v) is 9.34. The van der Waals surface area contributed by atoms with E-state index in [1.54, 1.807) is 19.1 Å². The molecule has 15 heavy (non-hydrogen) atoms. The van der Waals surface area contributed by atoms with Crippen LogP contribution in [-0.2, 0) is 14.6 Å². The van der Waals surface area contributed by atoms with Crippen LogP contribution in [0.4, 0.5) is 0 Å². The van der Waals surface area contributed by atoms with Crippen LogP contribution in [0.3, 0.4) is 0 Å². The minimum Gasteiger partial charge on any atom is -0.480 e. The van der Waals surface area contributed by atoms with Crippen LogP contribution in [0, 0.1) is 13.8 Å². The Balaban J connectivity index is 3.22. The smallest absolute Gasteiger partial charge is 0.319 e. The minimum absolute atomic E-state index is 0.0931. The highest BCUT2D eigenvalue weighted by Crippen LogP contribution is 2.17. The SMILES string of the molecule is Cc1ccc(S(=O)(=O)CC(=O)O)c(C)c1. The number of benzene rings is 1. The van der Waals surface area contributed by atoms with Gasteiger partial charge in [0.25, 0.3) is 0 Å². The number of sulfone groups is 1. The van der Waals surface area contributed by atoms with Gasteiger partial charge in [0, 0.05) is 0 Å². The summed E-state index contributed by atoms with van der Waals surface area (Å²) >= 11 is 0. The number of aliphatic carboxylic acids is 1. The highest BCUT2D eigenvalue weighted by atomic mass is 32.2. The molecule has 1 aromatic rings. The van der Waals surface area contributed by atoms with Gasteiger partial charge in [-0.05, 0) is 25.5 Å². The highest BCUT2D eigenvalue weighted by Gasteiger charge is 2.20. The fourth-order valence-corrected chi connectivity index (χ4v) is 2.69. The molecule has 4 nitrogen and oxygen atoms in total. The summed E-state index contributed by atoms with van der Waals surface area (Å²) in [6.45, 7) is 3.50. The van der Waals surface area contributed by atoms with E-state index in [0.29, 0.717) is 5.56 Å². The van der Waals surface area contributed by atoms with E-state index in [-0.39, 0.29) is 4.90 Å². The van der Waals surface area contributed by atoms with E-state index >= 15 is 0 Å². The number of carboxylic acid groups (broad SMARTS) is 1. The van der Waals surface area contributed by atoms with Crippen LogP contribution < -0.4 is 0 Å². The van der Waals surface area contributed by atoms with E-state index in [9.17, 15) is 13.2 Å². The van der Waals surface area contributed by atoms with Gasteiger partial charge in [-0.1, -0.05) is 17.7 Å². The summed E-state index contributed by atoms with van der Waals surface area (Å²) in [5.74, 6) is -2.20. The van der Waals surface area contributed by atoms with Crippen molar-refractivity contribution < 1.29 is 18.3 Å².